The Labute approximate surface area is 128 Å². The third kappa shape index (κ3) is 3.81. The van der Waals surface area contributed by atoms with Gasteiger partial charge in [0.15, 0.2) is 15.6 Å². The highest BCUT2D eigenvalue weighted by Crippen LogP contribution is 2.33. The topological polar surface area (TPSA) is 68.3 Å². The Hall–Kier alpha value is -0.910. The number of ketones is 2. The highest BCUT2D eigenvalue weighted by molar-refractivity contribution is 7.90. The Morgan fingerprint density at radius 3 is 2.15 bits per heavy atom. The number of carbonyl (C=O) groups is 2. The zero-order valence-electron chi connectivity index (χ0n) is 11.2. The minimum absolute atomic E-state index is 0.0538. The molecule has 0 atom stereocenters. The van der Waals surface area contributed by atoms with E-state index in [1.165, 1.54) is 12.1 Å². The molecular weight excluding hydrogens is 323 g/mol. The molecule has 0 aliphatic carbocycles. The van der Waals surface area contributed by atoms with Gasteiger partial charge in [0.25, 0.3) is 0 Å². The third-order valence-corrected chi connectivity index (χ3v) is 4.86. The van der Waals surface area contributed by atoms with Crippen LogP contribution < -0.4 is 0 Å². The molecule has 0 saturated heterocycles. The summed E-state index contributed by atoms with van der Waals surface area (Å²) in [7, 11) is -3.53. The molecule has 4 nitrogen and oxygen atoms in total. The number of rotatable bonds is 5. The first kappa shape index (κ1) is 17.1. The average molecular weight is 337 g/mol. The first-order valence-corrected chi connectivity index (χ1v) is 8.44. The van der Waals surface area contributed by atoms with E-state index in [1.807, 2.05) is 0 Å². The van der Waals surface area contributed by atoms with Crippen LogP contribution in [0.1, 0.15) is 30.6 Å². The molecule has 20 heavy (non-hydrogen) atoms. The molecule has 1 rings (SSSR count). The van der Waals surface area contributed by atoms with Gasteiger partial charge in [0.1, 0.15) is 5.78 Å². The van der Waals surface area contributed by atoms with Crippen LogP contribution in [0.5, 0.6) is 0 Å². The van der Waals surface area contributed by atoms with Crippen LogP contribution in [0.15, 0.2) is 17.0 Å². The summed E-state index contributed by atoms with van der Waals surface area (Å²) in [4.78, 5) is 23.4. The van der Waals surface area contributed by atoms with E-state index in [0.717, 1.165) is 6.26 Å². The molecule has 0 N–H and O–H groups in total. The minimum atomic E-state index is -3.53. The molecule has 1 aromatic carbocycles. The van der Waals surface area contributed by atoms with Crippen molar-refractivity contribution in [1.29, 1.82) is 0 Å². The molecule has 0 saturated carbocycles. The summed E-state index contributed by atoms with van der Waals surface area (Å²) in [5.41, 5.74) is 0.0538. The van der Waals surface area contributed by atoms with Crippen LogP contribution >= 0.6 is 23.2 Å². The molecule has 0 aliphatic rings. The zero-order valence-corrected chi connectivity index (χ0v) is 13.6. The number of sulfone groups is 1. The average Bonchev–Trinajstić information content (AvgIpc) is 2.30. The fraction of sp³-hybridized carbons (Fsp3) is 0.385. The summed E-state index contributed by atoms with van der Waals surface area (Å²) >= 11 is 11.8. The van der Waals surface area contributed by atoms with E-state index in [1.54, 1.807) is 13.8 Å². The predicted octanol–water partition coefficient (Wildman–Crippen LogP) is 3.19. The lowest BCUT2D eigenvalue weighted by molar-refractivity contribution is -0.121. The molecule has 0 aromatic heterocycles. The number of hydrogen-bond donors (Lipinski definition) is 0. The van der Waals surface area contributed by atoms with E-state index < -0.39 is 15.6 Å². The second kappa shape index (κ2) is 6.24. The van der Waals surface area contributed by atoms with Crippen molar-refractivity contribution in [1.82, 2.24) is 0 Å². The maximum absolute atomic E-state index is 12.0. The molecule has 1 aromatic rings. The summed E-state index contributed by atoms with van der Waals surface area (Å²) in [6, 6.07) is 2.50. The van der Waals surface area contributed by atoms with Crippen LogP contribution in [0.3, 0.4) is 0 Å². The van der Waals surface area contributed by atoms with Gasteiger partial charge in [0.05, 0.1) is 21.4 Å². The van der Waals surface area contributed by atoms with E-state index in [-0.39, 0.29) is 38.6 Å². The van der Waals surface area contributed by atoms with Crippen molar-refractivity contribution >= 4 is 44.6 Å². The molecular formula is C13H14Cl2O4S. The van der Waals surface area contributed by atoms with Crippen LogP contribution in [-0.2, 0) is 14.6 Å². The number of benzene rings is 1. The van der Waals surface area contributed by atoms with Crippen molar-refractivity contribution < 1.29 is 18.0 Å². The van der Waals surface area contributed by atoms with Crippen molar-refractivity contribution in [2.75, 3.05) is 6.26 Å². The van der Waals surface area contributed by atoms with Crippen LogP contribution in [0.25, 0.3) is 0 Å². The van der Waals surface area contributed by atoms with E-state index in [2.05, 4.69) is 0 Å². The Balaban J connectivity index is 3.20. The van der Waals surface area contributed by atoms with Crippen molar-refractivity contribution in [3.8, 4) is 0 Å². The smallest absolute Gasteiger partial charge is 0.177 e. The normalized spacial score (nSPS) is 11.7. The standard InChI is InChI=1S/C13H14Cl2O4S/c1-7(2)9(16)6-10(17)8-4-5-11(20(3,18)19)13(15)12(8)14/h4-5,7H,6H2,1-3H3. The molecule has 0 heterocycles. The second-order valence-electron chi connectivity index (χ2n) is 4.73. The van der Waals surface area contributed by atoms with Crippen LogP contribution in [0.4, 0.5) is 0 Å². The number of hydrogen-bond acceptors (Lipinski definition) is 4. The van der Waals surface area contributed by atoms with E-state index in [9.17, 15) is 18.0 Å². The Morgan fingerprint density at radius 2 is 1.70 bits per heavy atom. The Morgan fingerprint density at radius 1 is 1.15 bits per heavy atom. The number of Topliss-reactive ketones (excluding diaryl/α,β-unsaturated/α-hetero) is 2. The molecule has 0 aliphatic heterocycles. The van der Waals surface area contributed by atoms with E-state index in [0.29, 0.717) is 0 Å². The highest BCUT2D eigenvalue weighted by Gasteiger charge is 2.22. The lowest BCUT2D eigenvalue weighted by Crippen LogP contribution is -2.14. The first-order chi connectivity index (χ1) is 9.05. The van der Waals surface area contributed by atoms with Crippen molar-refractivity contribution in [2.24, 2.45) is 5.92 Å². The van der Waals surface area contributed by atoms with Gasteiger partial charge in [-0.1, -0.05) is 37.0 Å². The van der Waals surface area contributed by atoms with Crippen LogP contribution in [0.2, 0.25) is 10.0 Å². The van der Waals surface area contributed by atoms with Gasteiger partial charge < -0.3 is 0 Å². The Bertz CT molecular complexity index is 663. The lowest BCUT2D eigenvalue weighted by atomic mass is 10.00. The maximum atomic E-state index is 12.0. The van der Waals surface area contributed by atoms with Crippen molar-refractivity contribution in [2.45, 2.75) is 25.2 Å². The largest absolute Gasteiger partial charge is 0.299 e. The summed E-state index contributed by atoms with van der Waals surface area (Å²) in [6.07, 6.45) is 0.709. The third-order valence-electron chi connectivity index (χ3n) is 2.73. The van der Waals surface area contributed by atoms with Gasteiger partial charge in [-0.05, 0) is 12.1 Å². The quantitative estimate of drug-likeness (QED) is 0.611. The van der Waals surface area contributed by atoms with Gasteiger partial charge in [-0.3, -0.25) is 9.59 Å². The van der Waals surface area contributed by atoms with E-state index >= 15 is 0 Å². The minimum Gasteiger partial charge on any atom is -0.299 e. The molecule has 0 radical (unpaired) electrons. The lowest BCUT2D eigenvalue weighted by Gasteiger charge is -2.09. The molecule has 0 spiro atoms. The first-order valence-electron chi connectivity index (χ1n) is 5.79. The fourth-order valence-corrected chi connectivity index (χ4v) is 3.15. The molecule has 0 fully saturated rings. The summed E-state index contributed by atoms with van der Waals surface area (Å²) in [6.45, 7) is 3.38. The summed E-state index contributed by atoms with van der Waals surface area (Å²) in [5.74, 6) is -0.950. The number of carbonyl (C=O) groups excluding carboxylic acids is 2. The van der Waals surface area contributed by atoms with Crippen molar-refractivity contribution in [3.63, 3.8) is 0 Å². The molecule has 0 bridgehead atoms. The SMILES string of the molecule is CC(C)C(=O)CC(=O)c1ccc(S(C)(=O)=O)c(Cl)c1Cl. The van der Waals surface area contributed by atoms with Gasteiger partial charge in [-0.15, -0.1) is 0 Å². The predicted molar refractivity (Wildman–Crippen MR) is 78.4 cm³/mol. The maximum Gasteiger partial charge on any atom is 0.177 e. The van der Waals surface area contributed by atoms with Gasteiger partial charge in [-0.2, -0.15) is 0 Å². The monoisotopic (exact) mass is 336 g/mol. The second-order valence-corrected chi connectivity index (χ2v) is 7.47. The number of halogens is 2. The molecule has 0 amide bonds. The van der Waals surface area contributed by atoms with Gasteiger partial charge in [0, 0.05) is 17.7 Å². The van der Waals surface area contributed by atoms with Gasteiger partial charge in [-0.25, -0.2) is 8.42 Å². The molecule has 7 heteroatoms. The highest BCUT2D eigenvalue weighted by atomic mass is 35.5. The van der Waals surface area contributed by atoms with Crippen LogP contribution in [0, 0.1) is 5.92 Å². The zero-order chi connectivity index (χ0) is 15.7. The Kier molecular flexibility index (Phi) is 5.35. The van der Waals surface area contributed by atoms with Crippen molar-refractivity contribution in [3.05, 3.63) is 27.7 Å². The van der Waals surface area contributed by atoms with Gasteiger partial charge in [0.2, 0.25) is 0 Å². The summed E-state index contributed by atoms with van der Waals surface area (Å²) < 4.78 is 22.9. The van der Waals surface area contributed by atoms with Crippen LogP contribution in [-0.4, -0.2) is 26.2 Å². The summed E-state index contributed by atoms with van der Waals surface area (Å²) in [5, 5.41) is -0.340. The van der Waals surface area contributed by atoms with Gasteiger partial charge >= 0.3 is 0 Å². The molecule has 0 unspecified atom stereocenters. The fourth-order valence-electron chi connectivity index (χ4n) is 1.49. The molecule has 110 valence electrons. The van der Waals surface area contributed by atoms with E-state index in [4.69, 9.17) is 23.2 Å².